The Balaban J connectivity index is 1.48. The van der Waals surface area contributed by atoms with Crippen molar-refractivity contribution in [3.63, 3.8) is 0 Å². The van der Waals surface area contributed by atoms with Crippen molar-refractivity contribution in [3.8, 4) is 11.4 Å². The van der Waals surface area contributed by atoms with Gasteiger partial charge in [0.15, 0.2) is 11.5 Å². The van der Waals surface area contributed by atoms with Crippen LogP contribution in [0.4, 0.5) is 0 Å². The van der Waals surface area contributed by atoms with Gasteiger partial charge in [0.1, 0.15) is 5.03 Å². The minimum absolute atomic E-state index is 0.0666. The molecular formula is C17H18N6OS. The van der Waals surface area contributed by atoms with Gasteiger partial charge in [-0.1, -0.05) is 24.6 Å². The Hall–Kier alpha value is -2.48. The minimum atomic E-state index is 0.0666. The molecule has 3 heterocycles. The van der Waals surface area contributed by atoms with E-state index >= 15 is 0 Å². The maximum Gasteiger partial charge on any atom is 0.230 e. The summed E-state index contributed by atoms with van der Waals surface area (Å²) in [6, 6.07) is 7.81. The minimum Gasteiger partial charge on any atom is -0.353 e. The summed E-state index contributed by atoms with van der Waals surface area (Å²) in [4.78, 5) is 16.1. The molecule has 0 unspecified atom stereocenters. The molecule has 0 spiro atoms. The van der Waals surface area contributed by atoms with Gasteiger partial charge < -0.3 is 5.32 Å². The zero-order chi connectivity index (χ0) is 17.1. The van der Waals surface area contributed by atoms with Crippen LogP contribution in [0.5, 0.6) is 0 Å². The topological polar surface area (TPSA) is 85.1 Å². The Morgan fingerprint density at radius 2 is 1.96 bits per heavy atom. The predicted octanol–water partition coefficient (Wildman–Crippen LogP) is 2.34. The van der Waals surface area contributed by atoms with E-state index in [4.69, 9.17) is 0 Å². The third-order valence-corrected chi connectivity index (χ3v) is 5.17. The number of nitrogens with one attached hydrogen (secondary N) is 1. The smallest absolute Gasteiger partial charge is 0.230 e. The van der Waals surface area contributed by atoms with E-state index in [0.29, 0.717) is 23.3 Å². The number of pyridine rings is 1. The second-order valence-electron chi connectivity index (χ2n) is 6.04. The molecule has 0 saturated heterocycles. The molecule has 0 radical (unpaired) electrons. The highest BCUT2D eigenvalue weighted by Gasteiger charge is 2.17. The van der Waals surface area contributed by atoms with Gasteiger partial charge in [-0.15, -0.1) is 10.2 Å². The Morgan fingerprint density at radius 3 is 2.76 bits per heavy atom. The lowest BCUT2D eigenvalue weighted by Crippen LogP contribution is -2.33. The number of rotatable bonds is 5. The lowest BCUT2D eigenvalue weighted by atomic mass is 10.2. The lowest BCUT2D eigenvalue weighted by Gasteiger charge is -2.11. The third-order valence-electron chi connectivity index (χ3n) is 4.25. The molecule has 128 valence electrons. The summed E-state index contributed by atoms with van der Waals surface area (Å²) >= 11 is 1.42. The summed E-state index contributed by atoms with van der Waals surface area (Å²) < 4.78 is 1.70. The van der Waals surface area contributed by atoms with Gasteiger partial charge in [0.2, 0.25) is 5.91 Å². The van der Waals surface area contributed by atoms with E-state index in [0.717, 1.165) is 23.4 Å². The molecule has 7 nitrogen and oxygen atoms in total. The van der Waals surface area contributed by atoms with Gasteiger partial charge in [-0.3, -0.25) is 9.78 Å². The molecule has 1 fully saturated rings. The first-order valence-corrected chi connectivity index (χ1v) is 9.33. The molecule has 0 aromatic carbocycles. The number of fused-ring (bicyclic) bond motifs is 1. The van der Waals surface area contributed by atoms with E-state index in [2.05, 4.69) is 25.6 Å². The molecular weight excluding hydrogens is 336 g/mol. The number of carbonyl (C=O) groups is 1. The van der Waals surface area contributed by atoms with E-state index in [1.807, 2.05) is 24.3 Å². The Labute approximate surface area is 149 Å². The quantitative estimate of drug-likeness (QED) is 0.708. The van der Waals surface area contributed by atoms with Crippen molar-refractivity contribution in [2.75, 3.05) is 5.75 Å². The van der Waals surface area contributed by atoms with E-state index < -0.39 is 0 Å². The molecule has 0 aliphatic heterocycles. The number of hydrogen-bond donors (Lipinski definition) is 1. The first kappa shape index (κ1) is 16.0. The second kappa shape index (κ2) is 7.18. The maximum absolute atomic E-state index is 12.1. The van der Waals surface area contributed by atoms with Crippen LogP contribution >= 0.6 is 11.8 Å². The number of amides is 1. The molecule has 1 aliphatic carbocycles. The highest BCUT2D eigenvalue weighted by atomic mass is 32.2. The van der Waals surface area contributed by atoms with E-state index in [1.165, 1.54) is 24.6 Å². The summed E-state index contributed by atoms with van der Waals surface area (Å²) in [6.45, 7) is 0. The van der Waals surface area contributed by atoms with Crippen molar-refractivity contribution in [3.05, 3.63) is 36.7 Å². The van der Waals surface area contributed by atoms with Crippen LogP contribution in [0, 0.1) is 0 Å². The van der Waals surface area contributed by atoms with Crippen LogP contribution in [-0.2, 0) is 4.79 Å². The Bertz CT molecular complexity index is 875. The van der Waals surface area contributed by atoms with Crippen molar-refractivity contribution in [1.29, 1.82) is 0 Å². The first-order valence-electron chi connectivity index (χ1n) is 8.34. The molecule has 3 aromatic heterocycles. The number of thioether (sulfide) groups is 1. The van der Waals surface area contributed by atoms with Crippen molar-refractivity contribution in [1.82, 2.24) is 30.1 Å². The van der Waals surface area contributed by atoms with Crippen molar-refractivity contribution < 1.29 is 4.79 Å². The van der Waals surface area contributed by atoms with Crippen molar-refractivity contribution >= 4 is 23.3 Å². The van der Waals surface area contributed by atoms with E-state index in [-0.39, 0.29) is 5.91 Å². The van der Waals surface area contributed by atoms with Gasteiger partial charge in [-0.2, -0.15) is 9.61 Å². The molecule has 0 atom stereocenters. The number of nitrogens with zero attached hydrogens (tertiary/aromatic N) is 5. The fourth-order valence-corrected chi connectivity index (χ4v) is 3.67. The van der Waals surface area contributed by atoms with Crippen LogP contribution in [0.25, 0.3) is 17.0 Å². The van der Waals surface area contributed by atoms with Crippen LogP contribution in [0.2, 0.25) is 0 Å². The zero-order valence-corrected chi connectivity index (χ0v) is 14.4. The van der Waals surface area contributed by atoms with Crippen LogP contribution in [0.3, 0.4) is 0 Å². The number of hydrogen-bond acceptors (Lipinski definition) is 6. The average Bonchev–Trinajstić information content (AvgIpc) is 3.30. The first-order chi connectivity index (χ1) is 12.3. The number of carbonyl (C=O) groups excluding carboxylic acids is 1. The fraction of sp³-hybridized carbons (Fsp3) is 0.353. The Kier molecular flexibility index (Phi) is 4.60. The molecule has 8 heteroatoms. The largest absolute Gasteiger partial charge is 0.353 e. The molecule has 1 amide bonds. The molecule has 4 rings (SSSR count). The summed E-state index contributed by atoms with van der Waals surface area (Å²) in [5, 5.41) is 16.8. The lowest BCUT2D eigenvalue weighted by molar-refractivity contribution is -0.119. The van der Waals surface area contributed by atoms with E-state index in [9.17, 15) is 4.79 Å². The summed E-state index contributed by atoms with van der Waals surface area (Å²) in [5.41, 5.74) is 1.57. The van der Waals surface area contributed by atoms with Gasteiger partial charge in [-0.25, -0.2) is 0 Å². The van der Waals surface area contributed by atoms with Gasteiger partial charge in [0.25, 0.3) is 0 Å². The summed E-state index contributed by atoms with van der Waals surface area (Å²) in [7, 11) is 0. The monoisotopic (exact) mass is 354 g/mol. The van der Waals surface area contributed by atoms with E-state index in [1.54, 1.807) is 16.9 Å². The average molecular weight is 354 g/mol. The van der Waals surface area contributed by atoms with Crippen LogP contribution in [-0.4, -0.2) is 42.5 Å². The second-order valence-corrected chi connectivity index (χ2v) is 7.03. The van der Waals surface area contributed by atoms with Crippen molar-refractivity contribution in [2.24, 2.45) is 0 Å². The normalized spacial score (nSPS) is 14.9. The standard InChI is InChI=1S/C17H18N6OS/c24-15(19-13-3-1-2-4-13)11-25-16-6-5-14-20-21-17(23(14)22-16)12-7-9-18-10-8-12/h5-10,13H,1-4,11H2,(H,19,24). The predicted molar refractivity (Wildman–Crippen MR) is 95.1 cm³/mol. The highest BCUT2D eigenvalue weighted by Crippen LogP contribution is 2.21. The maximum atomic E-state index is 12.1. The van der Waals surface area contributed by atoms with Crippen LogP contribution < -0.4 is 5.32 Å². The van der Waals surface area contributed by atoms with Gasteiger partial charge in [0.05, 0.1) is 5.75 Å². The molecule has 1 N–H and O–H groups in total. The van der Waals surface area contributed by atoms with Gasteiger partial charge in [-0.05, 0) is 37.1 Å². The Morgan fingerprint density at radius 1 is 1.16 bits per heavy atom. The number of aromatic nitrogens is 5. The molecule has 1 saturated carbocycles. The van der Waals surface area contributed by atoms with Crippen molar-refractivity contribution in [2.45, 2.75) is 36.8 Å². The molecule has 25 heavy (non-hydrogen) atoms. The summed E-state index contributed by atoms with van der Waals surface area (Å²) in [6.07, 6.45) is 8.03. The van der Waals surface area contributed by atoms with Gasteiger partial charge >= 0.3 is 0 Å². The van der Waals surface area contributed by atoms with Crippen LogP contribution in [0.15, 0.2) is 41.7 Å². The van der Waals surface area contributed by atoms with Gasteiger partial charge in [0, 0.05) is 24.0 Å². The SMILES string of the molecule is O=C(CSc1ccc2nnc(-c3ccncc3)n2n1)NC1CCCC1. The molecule has 0 bridgehead atoms. The zero-order valence-electron chi connectivity index (χ0n) is 13.6. The summed E-state index contributed by atoms with van der Waals surface area (Å²) in [5.74, 6) is 1.09. The molecule has 3 aromatic rings. The van der Waals surface area contributed by atoms with Crippen LogP contribution in [0.1, 0.15) is 25.7 Å². The molecule has 1 aliphatic rings. The fourth-order valence-electron chi connectivity index (χ4n) is 3.01. The third kappa shape index (κ3) is 3.63. The highest BCUT2D eigenvalue weighted by molar-refractivity contribution is 7.99.